The predicted octanol–water partition coefficient (Wildman–Crippen LogP) is 0.627. The van der Waals surface area contributed by atoms with Gasteiger partial charge >= 0.3 is 0 Å². The zero-order valence-electron chi connectivity index (χ0n) is 9.77. The van der Waals surface area contributed by atoms with E-state index in [9.17, 15) is 9.59 Å². The van der Waals surface area contributed by atoms with Crippen LogP contribution in [0.2, 0.25) is 0 Å². The Labute approximate surface area is 104 Å². The maximum Gasteiger partial charge on any atom is 0.255 e. The molecular formula is C13H13N3O2. The van der Waals surface area contributed by atoms with Crippen molar-refractivity contribution in [1.82, 2.24) is 10.2 Å². The average molecular weight is 243 g/mol. The summed E-state index contributed by atoms with van der Waals surface area (Å²) in [6.45, 7) is 4.12. The molecule has 1 aromatic carbocycles. The molecule has 0 bridgehead atoms. The lowest BCUT2D eigenvalue weighted by Crippen LogP contribution is -2.40. The third kappa shape index (κ3) is 1.40. The summed E-state index contributed by atoms with van der Waals surface area (Å²) in [6.07, 6.45) is 0.471. The van der Waals surface area contributed by atoms with Gasteiger partial charge in [0.1, 0.15) is 6.04 Å². The summed E-state index contributed by atoms with van der Waals surface area (Å²) >= 11 is 0. The van der Waals surface area contributed by atoms with E-state index in [2.05, 4.69) is 11.9 Å². The summed E-state index contributed by atoms with van der Waals surface area (Å²) in [5, 5.41) is 2.65. The van der Waals surface area contributed by atoms with Gasteiger partial charge in [0.2, 0.25) is 5.91 Å². The molecule has 5 heteroatoms. The molecule has 1 unspecified atom stereocenters. The Hall–Kier alpha value is -2.30. The fraction of sp³-hybridized carbons (Fsp3) is 0.231. The zero-order valence-corrected chi connectivity index (χ0v) is 9.77. The molecule has 0 saturated carbocycles. The Balaban J connectivity index is 1.95. The standard InChI is InChI=1S/C13H13N3O2/c1-7-5-11(12(17)15-7)16-6-9-8(13(16)18)3-2-4-10(9)14/h2-4,11H,1,5-6,14H2,(H,15,17). The van der Waals surface area contributed by atoms with Crippen LogP contribution in [0.25, 0.3) is 0 Å². The van der Waals surface area contributed by atoms with Gasteiger partial charge in [-0.1, -0.05) is 12.6 Å². The first-order valence-corrected chi connectivity index (χ1v) is 5.75. The maximum absolute atomic E-state index is 12.2. The Morgan fingerprint density at radius 1 is 1.39 bits per heavy atom. The highest BCUT2D eigenvalue weighted by atomic mass is 16.2. The van der Waals surface area contributed by atoms with Gasteiger partial charge in [0.15, 0.2) is 0 Å². The molecule has 92 valence electrons. The minimum atomic E-state index is -0.461. The summed E-state index contributed by atoms with van der Waals surface area (Å²) in [4.78, 5) is 25.6. The van der Waals surface area contributed by atoms with Crippen molar-refractivity contribution in [2.24, 2.45) is 0 Å². The Morgan fingerprint density at radius 3 is 2.78 bits per heavy atom. The predicted molar refractivity (Wildman–Crippen MR) is 66.4 cm³/mol. The van der Waals surface area contributed by atoms with Gasteiger partial charge in [-0.2, -0.15) is 0 Å². The van der Waals surface area contributed by atoms with Crippen molar-refractivity contribution in [1.29, 1.82) is 0 Å². The van der Waals surface area contributed by atoms with E-state index in [1.165, 1.54) is 0 Å². The van der Waals surface area contributed by atoms with E-state index in [1.807, 2.05) is 0 Å². The summed E-state index contributed by atoms with van der Waals surface area (Å²) < 4.78 is 0. The highest BCUT2D eigenvalue weighted by molar-refractivity contribution is 6.03. The molecule has 1 saturated heterocycles. The SMILES string of the molecule is C=C1CC(N2Cc3c(N)cccc3C2=O)C(=O)N1. The third-order valence-corrected chi connectivity index (χ3v) is 3.45. The normalized spacial score (nSPS) is 22.3. The molecule has 2 aliphatic heterocycles. The lowest BCUT2D eigenvalue weighted by Gasteiger charge is -2.20. The first-order chi connectivity index (χ1) is 8.58. The van der Waals surface area contributed by atoms with Gasteiger partial charge in [0.25, 0.3) is 5.91 Å². The molecule has 18 heavy (non-hydrogen) atoms. The van der Waals surface area contributed by atoms with Gasteiger partial charge in [0.05, 0.1) is 0 Å². The maximum atomic E-state index is 12.2. The van der Waals surface area contributed by atoms with Crippen molar-refractivity contribution in [2.45, 2.75) is 19.0 Å². The number of hydrogen-bond acceptors (Lipinski definition) is 3. The summed E-state index contributed by atoms with van der Waals surface area (Å²) in [5.74, 6) is -0.299. The number of fused-ring (bicyclic) bond motifs is 1. The van der Waals surface area contributed by atoms with Crippen molar-refractivity contribution in [3.05, 3.63) is 41.6 Å². The second-order valence-electron chi connectivity index (χ2n) is 4.62. The summed E-state index contributed by atoms with van der Waals surface area (Å²) in [6, 6.07) is 4.80. The molecule has 1 aromatic rings. The molecule has 3 rings (SSSR count). The largest absolute Gasteiger partial charge is 0.398 e. The van der Waals surface area contributed by atoms with Gasteiger partial charge in [-0.3, -0.25) is 9.59 Å². The smallest absolute Gasteiger partial charge is 0.255 e. The number of nitrogen functional groups attached to an aromatic ring is 1. The molecule has 0 radical (unpaired) electrons. The lowest BCUT2D eigenvalue weighted by molar-refractivity contribution is -0.122. The van der Waals surface area contributed by atoms with E-state index in [4.69, 9.17) is 5.73 Å². The van der Waals surface area contributed by atoms with Crippen LogP contribution in [-0.4, -0.2) is 22.8 Å². The zero-order chi connectivity index (χ0) is 12.9. The van der Waals surface area contributed by atoms with Gasteiger partial charge < -0.3 is 16.0 Å². The van der Waals surface area contributed by atoms with Crippen molar-refractivity contribution in [3.8, 4) is 0 Å². The lowest BCUT2D eigenvalue weighted by atomic mass is 10.1. The van der Waals surface area contributed by atoms with Crippen molar-refractivity contribution in [2.75, 3.05) is 5.73 Å². The number of carbonyl (C=O) groups excluding carboxylic acids is 2. The minimum absolute atomic E-state index is 0.132. The van der Waals surface area contributed by atoms with Gasteiger partial charge in [-0.15, -0.1) is 0 Å². The van der Waals surface area contributed by atoms with Crippen molar-refractivity contribution in [3.63, 3.8) is 0 Å². The van der Waals surface area contributed by atoms with E-state index >= 15 is 0 Å². The van der Waals surface area contributed by atoms with E-state index in [1.54, 1.807) is 23.1 Å². The molecule has 2 heterocycles. The number of nitrogens with zero attached hydrogens (tertiary/aromatic N) is 1. The van der Waals surface area contributed by atoms with Crippen LogP contribution in [0.15, 0.2) is 30.5 Å². The highest BCUT2D eigenvalue weighted by Crippen LogP contribution is 2.31. The van der Waals surface area contributed by atoms with E-state index in [0.717, 1.165) is 5.56 Å². The molecule has 0 aromatic heterocycles. The van der Waals surface area contributed by atoms with Crippen LogP contribution >= 0.6 is 0 Å². The number of carbonyl (C=O) groups is 2. The molecule has 1 atom stereocenters. The third-order valence-electron chi connectivity index (χ3n) is 3.45. The van der Waals surface area contributed by atoms with Gasteiger partial charge in [-0.25, -0.2) is 0 Å². The molecule has 5 nitrogen and oxygen atoms in total. The Bertz CT molecular complexity index is 580. The molecule has 0 aliphatic carbocycles. The Morgan fingerprint density at radius 2 is 2.17 bits per heavy atom. The second-order valence-corrected chi connectivity index (χ2v) is 4.62. The van der Waals surface area contributed by atoms with Gasteiger partial charge in [0, 0.05) is 35.5 Å². The van der Waals surface area contributed by atoms with E-state index < -0.39 is 6.04 Å². The van der Waals surface area contributed by atoms with Crippen molar-refractivity contribution >= 4 is 17.5 Å². The number of amides is 2. The summed E-state index contributed by atoms with van der Waals surface area (Å²) in [5.41, 5.74) is 8.52. The fourth-order valence-corrected chi connectivity index (χ4v) is 2.52. The van der Waals surface area contributed by atoms with Crippen LogP contribution in [0.1, 0.15) is 22.3 Å². The first kappa shape index (κ1) is 10.8. The van der Waals surface area contributed by atoms with E-state index in [-0.39, 0.29) is 11.8 Å². The number of benzene rings is 1. The summed E-state index contributed by atoms with van der Waals surface area (Å²) in [7, 11) is 0. The van der Waals surface area contributed by atoms with Crippen LogP contribution in [-0.2, 0) is 11.3 Å². The van der Waals surface area contributed by atoms with Crippen LogP contribution < -0.4 is 11.1 Å². The van der Waals surface area contributed by atoms with Crippen LogP contribution in [0.3, 0.4) is 0 Å². The van der Waals surface area contributed by atoms with Gasteiger partial charge in [-0.05, 0) is 12.1 Å². The topological polar surface area (TPSA) is 75.4 Å². The van der Waals surface area contributed by atoms with Crippen LogP contribution in [0.4, 0.5) is 5.69 Å². The fourth-order valence-electron chi connectivity index (χ4n) is 2.52. The van der Waals surface area contributed by atoms with Crippen LogP contribution in [0.5, 0.6) is 0 Å². The highest BCUT2D eigenvalue weighted by Gasteiger charge is 2.40. The first-order valence-electron chi connectivity index (χ1n) is 5.75. The van der Waals surface area contributed by atoms with Crippen LogP contribution in [0, 0.1) is 0 Å². The number of nitrogens with two attached hydrogens (primary N) is 1. The average Bonchev–Trinajstić information content (AvgIpc) is 2.81. The van der Waals surface area contributed by atoms with E-state index in [0.29, 0.717) is 29.9 Å². The molecule has 3 N–H and O–H groups in total. The number of hydrogen-bond donors (Lipinski definition) is 2. The molecule has 2 aliphatic rings. The monoisotopic (exact) mass is 243 g/mol. The molecule has 1 fully saturated rings. The quantitative estimate of drug-likeness (QED) is 0.710. The van der Waals surface area contributed by atoms with Crippen molar-refractivity contribution < 1.29 is 9.59 Å². The number of rotatable bonds is 1. The minimum Gasteiger partial charge on any atom is -0.398 e. The number of nitrogens with one attached hydrogen (secondary N) is 1. The number of anilines is 1. The molecular weight excluding hydrogens is 230 g/mol. The molecule has 0 spiro atoms. The molecule has 2 amide bonds. The second kappa shape index (κ2) is 3.60. The Kier molecular flexibility index (Phi) is 2.16.